The summed E-state index contributed by atoms with van der Waals surface area (Å²) in [7, 11) is 0. The van der Waals surface area contributed by atoms with Gasteiger partial charge in [-0.15, -0.1) is 0 Å². The zero-order valence-electron chi connectivity index (χ0n) is 19.9. The van der Waals surface area contributed by atoms with Gasteiger partial charge in [-0.1, -0.05) is 6.07 Å². The third-order valence-corrected chi connectivity index (χ3v) is 6.95. The van der Waals surface area contributed by atoms with Gasteiger partial charge in [0.1, 0.15) is 0 Å². The minimum absolute atomic E-state index is 0.128. The normalized spacial score (nSPS) is 17.7. The van der Waals surface area contributed by atoms with Crippen LogP contribution in [0.3, 0.4) is 0 Å². The minimum atomic E-state index is 0.128. The topological polar surface area (TPSA) is 77.1 Å². The number of benzene rings is 3. The van der Waals surface area contributed by atoms with Gasteiger partial charge < -0.3 is 37.9 Å². The zero-order valence-corrected chi connectivity index (χ0v) is 19.9. The predicted octanol–water partition coefficient (Wildman–Crippen LogP) is 4.18. The summed E-state index contributed by atoms with van der Waals surface area (Å²) in [6, 6.07) is 9.85. The van der Waals surface area contributed by atoms with Crippen molar-refractivity contribution < 1.29 is 37.9 Å². The highest BCUT2D eigenvalue weighted by molar-refractivity contribution is 6.07. The van der Waals surface area contributed by atoms with Gasteiger partial charge in [-0.3, -0.25) is 4.90 Å². The molecule has 188 valence electrons. The average Bonchev–Trinajstić information content (AvgIpc) is 3.67. The molecule has 3 aromatic rings. The molecule has 0 spiro atoms. The Balaban J connectivity index is 1.24. The van der Waals surface area contributed by atoms with E-state index < -0.39 is 0 Å². The Morgan fingerprint density at radius 2 is 1.39 bits per heavy atom. The van der Waals surface area contributed by atoms with Crippen molar-refractivity contribution in [3.8, 4) is 51.4 Å². The van der Waals surface area contributed by atoms with Crippen LogP contribution in [0.15, 0.2) is 30.3 Å². The van der Waals surface area contributed by atoms with E-state index in [0.29, 0.717) is 41.1 Å². The summed E-state index contributed by atoms with van der Waals surface area (Å²) < 4.78 is 46.4. The molecule has 1 fully saturated rings. The van der Waals surface area contributed by atoms with Crippen LogP contribution in [-0.2, 0) is 4.74 Å². The standard InChI is InChI=1S/C27H27NO8/c1(5-28-6-9-29-10-7-28)2-8-30-25-19-13-23-22(33-15-34-23)12-18(19)24(26-27(25)36-16-35-26)17-3-4-20-21(11-17)32-14-31-20/h3-4,11-13H,1-2,5-10,14-16H2. The molecular weight excluding hydrogens is 466 g/mol. The molecule has 3 aromatic carbocycles. The van der Waals surface area contributed by atoms with Gasteiger partial charge in [-0.25, -0.2) is 0 Å². The van der Waals surface area contributed by atoms with Crippen LogP contribution in [-0.4, -0.2) is 64.7 Å². The van der Waals surface area contributed by atoms with Crippen molar-refractivity contribution in [3.63, 3.8) is 0 Å². The summed E-state index contributed by atoms with van der Waals surface area (Å²) in [5.41, 5.74) is 1.83. The fraction of sp³-hybridized carbons (Fsp3) is 0.407. The van der Waals surface area contributed by atoms with Crippen LogP contribution >= 0.6 is 0 Å². The summed E-state index contributed by atoms with van der Waals surface area (Å²) in [5, 5.41) is 1.83. The molecular formula is C27H27NO8. The lowest BCUT2D eigenvalue weighted by Gasteiger charge is -2.26. The summed E-state index contributed by atoms with van der Waals surface area (Å²) in [6.07, 6.45) is 1.99. The van der Waals surface area contributed by atoms with E-state index >= 15 is 0 Å². The SMILES string of the molecule is c1cc2c(cc1-c1c3c(c(OCCCCN4CCOCC4)c4cc5c(cc14)OCO5)OCO3)OCO2. The van der Waals surface area contributed by atoms with Crippen LogP contribution in [0, 0.1) is 0 Å². The van der Waals surface area contributed by atoms with Crippen molar-refractivity contribution in [2.24, 2.45) is 0 Å². The fourth-order valence-corrected chi connectivity index (χ4v) is 5.13. The Labute approximate surface area is 208 Å². The maximum absolute atomic E-state index is 6.39. The number of hydrogen-bond donors (Lipinski definition) is 0. The maximum Gasteiger partial charge on any atom is 0.231 e. The van der Waals surface area contributed by atoms with Crippen LogP contribution in [0.1, 0.15) is 12.8 Å². The molecule has 4 heterocycles. The quantitative estimate of drug-likeness (QED) is 0.451. The highest BCUT2D eigenvalue weighted by atomic mass is 16.7. The molecule has 0 unspecified atom stereocenters. The number of fused-ring (bicyclic) bond motifs is 4. The van der Waals surface area contributed by atoms with Crippen molar-refractivity contribution in [1.29, 1.82) is 0 Å². The number of hydrogen-bond acceptors (Lipinski definition) is 9. The Morgan fingerprint density at radius 1 is 0.694 bits per heavy atom. The number of unbranched alkanes of at least 4 members (excludes halogenated alkanes) is 1. The molecule has 9 nitrogen and oxygen atoms in total. The Morgan fingerprint density at radius 3 is 2.22 bits per heavy atom. The molecule has 0 N–H and O–H groups in total. The Bertz CT molecular complexity index is 1300. The van der Waals surface area contributed by atoms with Gasteiger partial charge in [0.15, 0.2) is 34.5 Å². The summed E-state index contributed by atoms with van der Waals surface area (Å²) >= 11 is 0. The minimum Gasteiger partial charge on any atom is -0.489 e. The van der Waals surface area contributed by atoms with Gasteiger partial charge in [-0.05, 0) is 49.2 Å². The molecule has 0 bridgehead atoms. The third kappa shape index (κ3) is 3.79. The zero-order chi connectivity index (χ0) is 23.9. The molecule has 0 saturated carbocycles. The van der Waals surface area contributed by atoms with E-state index in [9.17, 15) is 0 Å². The number of rotatable bonds is 7. The summed E-state index contributed by atoms with van der Waals surface area (Å²) in [4.78, 5) is 2.44. The lowest BCUT2D eigenvalue weighted by molar-refractivity contribution is 0.0368. The summed E-state index contributed by atoms with van der Waals surface area (Å²) in [6.45, 7) is 5.79. The second kappa shape index (κ2) is 9.15. The first-order valence-electron chi connectivity index (χ1n) is 12.4. The highest BCUT2D eigenvalue weighted by Crippen LogP contribution is 2.56. The molecule has 1 saturated heterocycles. The average molecular weight is 494 g/mol. The van der Waals surface area contributed by atoms with Crippen molar-refractivity contribution in [2.45, 2.75) is 12.8 Å². The van der Waals surface area contributed by atoms with Gasteiger partial charge in [0, 0.05) is 29.4 Å². The summed E-state index contributed by atoms with van der Waals surface area (Å²) in [5.74, 6) is 4.76. The van der Waals surface area contributed by atoms with E-state index in [1.165, 1.54) is 0 Å². The number of morpholine rings is 1. The molecule has 4 aliphatic heterocycles. The van der Waals surface area contributed by atoms with Crippen molar-refractivity contribution in [1.82, 2.24) is 4.90 Å². The largest absolute Gasteiger partial charge is 0.489 e. The maximum atomic E-state index is 6.39. The van der Waals surface area contributed by atoms with Crippen molar-refractivity contribution >= 4 is 10.8 Å². The monoisotopic (exact) mass is 493 g/mol. The van der Waals surface area contributed by atoms with Crippen molar-refractivity contribution in [3.05, 3.63) is 30.3 Å². The van der Waals surface area contributed by atoms with Crippen LogP contribution < -0.4 is 33.2 Å². The van der Waals surface area contributed by atoms with Crippen LogP contribution in [0.4, 0.5) is 0 Å². The van der Waals surface area contributed by atoms with Gasteiger partial charge in [0.25, 0.3) is 0 Å². The van der Waals surface area contributed by atoms with Gasteiger partial charge >= 0.3 is 0 Å². The first kappa shape index (κ1) is 21.7. The molecule has 0 atom stereocenters. The molecule has 7 rings (SSSR count). The molecule has 0 aromatic heterocycles. The molecule has 0 radical (unpaired) electrons. The third-order valence-electron chi connectivity index (χ3n) is 6.95. The molecule has 0 amide bonds. The highest BCUT2D eigenvalue weighted by Gasteiger charge is 2.31. The van der Waals surface area contributed by atoms with Gasteiger partial charge in [0.05, 0.1) is 19.8 Å². The van der Waals surface area contributed by atoms with Crippen LogP contribution in [0.2, 0.25) is 0 Å². The van der Waals surface area contributed by atoms with Crippen LogP contribution in [0.25, 0.3) is 21.9 Å². The van der Waals surface area contributed by atoms with Crippen molar-refractivity contribution in [2.75, 3.05) is 59.8 Å². The second-order valence-corrected chi connectivity index (χ2v) is 9.10. The Kier molecular flexibility index (Phi) is 5.51. The lowest BCUT2D eigenvalue weighted by atomic mass is 9.95. The predicted molar refractivity (Wildman–Crippen MR) is 130 cm³/mol. The van der Waals surface area contributed by atoms with Gasteiger partial charge in [-0.2, -0.15) is 0 Å². The Hall–Kier alpha value is -3.56. The van der Waals surface area contributed by atoms with E-state index in [1.54, 1.807) is 0 Å². The first-order valence-corrected chi connectivity index (χ1v) is 12.4. The smallest absolute Gasteiger partial charge is 0.231 e. The molecule has 36 heavy (non-hydrogen) atoms. The van der Waals surface area contributed by atoms with E-state index in [2.05, 4.69) is 4.90 Å². The molecule has 9 heteroatoms. The van der Waals surface area contributed by atoms with E-state index in [0.717, 1.165) is 73.3 Å². The van der Waals surface area contributed by atoms with Gasteiger partial charge in [0.2, 0.25) is 26.1 Å². The lowest BCUT2D eigenvalue weighted by Crippen LogP contribution is -2.36. The first-order chi connectivity index (χ1) is 17.8. The van der Waals surface area contributed by atoms with Crippen LogP contribution in [0.5, 0.6) is 40.2 Å². The fourth-order valence-electron chi connectivity index (χ4n) is 5.13. The number of nitrogens with zero attached hydrogens (tertiary/aromatic N) is 1. The molecule has 0 aliphatic carbocycles. The molecule has 4 aliphatic rings. The number of ether oxygens (including phenoxy) is 8. The van der Waals surface area contributed by atoms with E-state index in [4.69, 9.17) is 37.9 Å². The van der Waals surface area contributed by atoms with E-state index in [-0.39, 0.29) is 20.4 Å². The second-order valence-electron chi connectivity index (χ2n) is 9.10. The van der Waals surface area contributed by atoms with E-state index in [1.807, 2.05) is 30.3 Å².